The van der Waals surface area contributed by atoms with Gasteiger partial charge in [-0.15, -0.1) is 0 Å². The zero-order valence-corrected chi connectivity index (χ0v) is 13.9. The van der Waals surface area contributed by atoms with Crippen LogP contribution in [0.4, 0.5) is 0 Å². The van der Waals surface area contributed by atoms with Gasteiger partial charge >= 0.3 is 5.97 Å². The topological polar surface area (TPSA) is 71.2 Å². The Kier molecular flexibility index (Phi) is 3.79. The summed E-state index contributed by atoms with van der Waals surface area (Å²) in [6.07, 6.45) is 5.34. The lowest BCUT2D eigenvalue weighted by Gasteiger charge is -2.18. The predicted molar refractivity (Wildman–Crippen MR) is 90.9 cm³/mol. The molecule has 4 rings (SSSR count). The molecule has 5 heteroatoms. The Labute approximate surface area is 140 Å². The molecule has 1 heterocycles. The average molecular weight is 326 g/mol. The van der Waals surface area contributed by atoms with E-state index in [0.29, 0.717) is 11.5 Å². The summed E-state index contributed by atoms with van der Waals surface area (Å²) in [5, 5.41) is 3.92. The molecule has 2 aliphatic carbocycles. The number of esters is 1. The van der Waals surface area contributed by atoms with Crippen LogP contribution in [0.25, 0.3) is 10.9 Å². The maximum atomic E-state index is 12.2. The summed E-state index contributed by atoms with van der Waals surface area (Å²) in [6, 6.07) is 5.86. The number of rotatable bonds is 4. The van der Waals surface area contributed by atoms with Gasteiger partial charge in [-0.3, -0.25) is 4.79 Å². The number of carbonyl (C=O) groups is 2. The summed E-state index contributed by atoms with van der Waals surface area (Å²) in [4.78, 5) is 27.3. The van der Waals surface area contributed by atoms with E-state index in [9.17, 15) is 9.59 Å². The molecule has 0 saturated heterocycles. The first-order valence-corrected chi connectivity index (χ1v) is 8.70. The van der Waals surface area contributed by atoms with E-state index in [2.05, 4.69) is 17.2 Å². The van der Waals surface area contributed by atoms with Crippen molar-refractivity contribution in [2.75, 3.05) is 6.61 Å². The van der Waals surface area contributed by atoms with E-state index >= 15 is 0 Å². The minimum absolute atomic E-state index is 0.213. The Hall–Kier alpha value is -2.30. The summed E-state index contributed by atoms with van der Waals surface area (Å²) < 4.78 is 5.15. The second kappa shape index (κ2) is 5.96. The van der Waals surface area contributed by atoms with Crippen molar-refractivity contribution in [1.82, 2.24) is 10.3 Å². The smallest absolute Gasteiger partial charge is 0.338 e. The van der Waals surface area contributed by atoms with Crippen molar-refractivity contribution in [3.63, 3.8) is 0 Å². The third-order valence-corrected chi connectivity index (χ3v) is 4.95. The molecule has 0 unspecified atom stereocenters. The van der Waals surface area contributed by atoms with Crippen LogP contribution in [0.2, 0.25) is 0 Å². The molecular weight excluding hydrogens is 304 g/mol. The summed E-state index contributed by atoms with van der Waals surface area (Å²) in [7, 11) is 0. The number of H-pyrrole nitrogens is 1. The molecule has 2 aliphatic rings. The maximum absolute atomic E-state index is 12.2. The number of hydrogen-bond acceptors (Lipinski definition) is 3. The number of carbonyl (C=O) groups excluding carboxylic acids is 2. The van der Waals surface area contributed by atoms with Crippen LogP contribution in [0, 0.1) is 5.92 Å². The Morgan fingerprint density at radius 1 is 1.29 bits per heavy atom. The van der Waals surface area contributed by atoms with Gasteiger partial charge in [-0.05, 0) is 61.8 Å². The molecule has 0 aliphatic heterocycles. The number of amides is 1. The Bertz CT molecular complexity index is 804. The minimum Gasteiger partial charge on any atom is -0.452 e. The van der Waals surface area contributed by atoms with Crippen molar-refractivity contribution in [3.8, 4) is 0 Å². The number of ether oxygens (including phenoxy) is 1. The lowest BCUT2D eigenvalue weighted by Crippen LogP contribution is -2.30. The van der Waals surface area contributed by atoms with Crippen molar-refractivity contribution in [1.29, 1.82) is 0 Å². The van der Waals surface area contributed by atoms with Gasteiger partial charge in [0.15, 0.2) is 6.61 Å². The quantitative estimate of drug-likeness (QED) is 0.849. The molecule has 1 atom stereocenters. The first-order valence-electron chi connectivity index (χ1n) is 8.70. The van der Waals surface area contributed by atoms with Gasteiger partial charge in [-0.2, -0.15) is 0 Å². The van der Waals surface area contributed by atoms with E-state index in [1.807, 2.05) is 12.1 Å². The number of nitrogens with one attached hydrogen (secondary N) is 2. The van der Waals surface area contributed by atoms with Gasteiger partial charge in [0.25, 0.3) is 5.91 Å². The monoisotopic (exact) mass is 326 g/mol. The SMILES string of the molecule is C[C@H]1CCc2[nH]c3ccc(C(=O)OCC(=O)NC4CC4)cc3c2C1. The summed E-state index contributed by atoms with van der Waals surface area (Å²) in [5.74, 6) is -0.000316. The molecule has 1 aromatic carbocycles. The van der Waals surface area contributed by atoms with E-state index in [-0.39, 0.29) is 18.6 Å². The molecule has 0 spiro atoms. The van der Waals surface area contributed by atoms with Crippen LogP contribution in [-0.4, -0.2) is 29.5 Å². The van der Waals surface area contributed by atoms with Crippen molar-refractivity contribution in [2.24, 2.45) is 5.92 Å². The van der Waals surface area contributed by atoms with Crippen molar-refractivity contribution >= 4 is 22.8 Å². The zero-order valence-electron chi connectivity index (χ0n) is 13.9. The largest absolute Gasteiger partial charge is 0.452 e. The molecule has 1 saturated carbocycles. The highest BCUT2D eigenvalue weighted by atomic mass is 16.5. The number of aromatic nitrogens is 1. The molecule has 0 bridgehead atoms. The first kappa shape index (κ1) is 15.2. The fourth-order valence-corrected chi connectivity index (χ4v) is 3.43. The van der Waals surface area contributed by atoms with Crippen LogP contribution < -0.4 is 5.32 Å². The second-order valence-corrected chi connectivity index (χ2v) is 7.11. The van der Waals surface area contributed by atoms with E-state index in [0.717, 1.165) is 36.6 Å². The van der Waals surface area contributed by atoms with Crippen LogP contribution >= 0.6 is 0 Å². The minimum atomic E-state index is -0.443. The molecule has 126 valence electrons. The molecule has 24 heavy (non-hydrogen) atoms. The summed E-state index contributed by atoms with van der Waals surface area (Å²) in [5.41, 5.74) is 4.18. The highest BCUT2D eigenvalue weighted by Crippen LogP contribution is 2.32. The highest BCUT2D eigenvalue weighted by Gasteiger charge is 2.24. The molecule has 0 radical (unpaired) electrons. The standard InChI is InChI=1S/C19H22N2O3/c1-11-2-6-16-14(8-11)15-9-12(3-7-17(15)21-16)19(23)24-10-18(22)20-13-4-5-13/h3,7,9,11,13,21H,2,4-6,8,10H2,1H3,(H,20,22)/t11-/m0/s1. The van der Waals surface area contributed by atoms with Crippen molar-refractivity contribution in [3.05, 3.63) is 35.0 Å². The van der Waals surface area contributed by atoms with E-state index in [4.69, 9.17) is 4.74 Å². The number of benzene rings is 1. The maximum Gasteiger partial charge on any atom is 0.338 e. The van der Waals surface area contributed by atoms with E-state index in [1.165, 1.54) is 17.7 Å². The first-order chi connectivity index (χ1) is 11.6. The van der Waals surface area contributed by atoms with Gasteiger partial charge in [0.1, 0.15) is 0 Å². The van der Waals surface area contributed by atoms with E-state index < -0.39 is 5.97 Å². The van der Waals surface area contributed by atoms with Gasteiger partial charge in [-0.1, -0.05) is 6.92 Å². The lowest BCUT2D eigenvalue weighted by atomic mass is 9.87. The van der Waals surface area contributed by atoms with Crippen LogP contribution in [0.15, 0.2) is 18.2 Å². The molecule has 5 nitrogen and oxygen atoms in total. The van der Waals surface area contributed by atoms with Crippen LogP contribution in [-0.2, 0) is 22.4 Å². The highest BCUT2D eigenvalue weighted by molar-refractivity contribution is 5.97. The van der Waals surface area contributed by atoms with Gasteiger partial charge < -0.3 is 15.0 Å². The number of fused-ring (bicyclic) bond motifs is 3. The van der Waals surface area contributed by atoms with Gasteiger partial charge in [0, 0.05) is 22.6 Å². The summed E-state index contributed by atoms with van der Waals surface area (Å²) in [6.45, 7) is 2.05. The number of hydrogen-bond donors (Lipinski definition) is 2. The van der Waals surface area contributed by atoms with Gasteiger partial charge in [0.05, 0.1) is 5.56 Å². The average Bonchev–Trinajstić information content (AvgIpc) is 3.31. The second-order valence-electron chi connectivity index (χ2n) is 7.11. The zero-order chi connectivity index (χ0) is 16.7. The van der Waals surface area contributed by atoms with Crippen LogP contribution in [0.5, 0.6) is 0 Å². The van der Waals surface area contributed by atoms with Crippen molar-refractivity contribution < 1.29 is 14.3 Å². The van der Waals surface area contributed by atoms with E-state index in [1.54, 1.807) is 6.07 Å². The third-order valence-electron chi connectivity index (χ3n) is 4.95. The Balaban J connectivity index is 1.50. The molecule has 2 N–H and O–H groups in total. The molecule has 1 aromatic heterocycles. The van der Waals surface area contributed by atoms with Crippen molar-refractivity contribution in [2.45, 2.75) is 45.1 Å². The molecular formula is C19H22N2O3. The predicted octanol–water partition coefficient (Wildman–Crippen LogP) is 2.73. The molecule has 1 amide bonds. The normalized spacial score (nSPS) is 19.8. The Morgan fingerprint density at radius 3 is 2.92 bits per heavy atom. The fraction of sp³-hybridized carbons (Fsp3) is 0.474. The fourth-order valence-electron chi connectivity index (χ4n) is 3.43. The summed E-state index contributed by atoms with van der Waals surface area (Å²) >= 11 is 0. The molecule has 2 aromatic rings. The Morgan fingerprint density at radius 2 is 2.12 bits per heavy atom. The lowest BCUT2D eigenvalue weighted by molar-refractivity contribution is -0.124. The van der Waals surface area contributed by atoms with Gasteiger partial charge in [-0.25, -0.2) is 4.79 Å². The number of aromatic amines is 1. The molecule has 1 fully saturated rings. The van der Waals surface area contributed by atoms with Crippen LogP contribution in [0.3, 0.4) is 0 Å². The number of aryl methyl sites for hydroxylation is 1. The van der Waals surface area contributed by atoms with Gasteiger partial charge in [0.2, 0.25) is 0 Å². The third kappa shape index (κ3) is 3.03. The van der Waals surface area contributed by atoms with Crippen LogP contribution in [0.1, 0.15) is 47.8 Å².